The van der Waals surface area contributed by atoms with Crippen molar-refractivity contribution in [1.29, 1.82) is 0 Å². The van der Waals surface area contributed by atoms with Gasteiger partial charge in [0.25, 0.3) is 6.57 Å². The van der Waals surface area contributed by atoms with Gasteiger partial charge >= 0.3 is 0 Å². The average molecular weight is 230 g/mol. The smallest absolute Gasteiger partial charge is 0.259 e. The highest BCUT2D eigenvalue weighted by atomic mass is 32.7. The van der Waals surface area contributed by atoms with Gasteiger partial charge in [-0.3, -0.25) is 4.57 Å². The molecule has 0 fully saturated rings. The molecule has 14 heavy (non-hydrogen) atoms. The number of benzene rings is 1. The third-order valence-corrected chi connectivity index (χ3v) is 4.72. The van der Waals surface area contributed by atoms with E-state index in [2.05, 4.69) is 12.2 Å². The minimum Gasteiger partial charge on any atom is -0.337 e. The zero-order valence-electron chi connectivity index (χ0n) is 8.34. The number of rotatable bonds is 3. The molecule has 0 spiro atoms. The highest BCUT2D eigenvalue weighted by molar-refractivity contribution is 8.46. The van der Waals surface area contributed by atoms with Gasteiger partial charge in [-0.05, 0) is 24.5 Å². The monoisotopic (exact) mass is 230 g/mol. The van der Waals surface area contributed by atoms with E-state index in [-0.39, 0.29) is 0 Å². The van der Waals surface area contributed by atoms with Crippen LogP contribution in [-0.2, 0) is 11.0 Å². The van der Waals surface area contributed by atoms with E-state index >= 15 is 0 Å². The van der Waals surface area contributed by atoms with Crippen molar-refractivity contribution in [3.8, 4) is 0 Å². The van der Waals surface area contributed by atoms with Gasteiger partial charge in [0.15, 0.2) is 0 Å². The van der Waals surface area contributed by atoms with Crippen LogP contribution in [0.3, 0.4) is 0 Å². The standard InChI is InChI=1S/C10H15O2PS/c1-3-9-6-4-5-7-10(9)8(2)13(11,12)14/h4-8H,3H2,1-2H3,(H2,11,12,14). The van der Waals surface area contributed by atoms with Crippen LogP contribution in [0.1, 0.15) is 30.6 Å². The Kier molecular flexibility index (Phi) is 3.82. The number of hydrogen-bond donors (Lipinski definition) is 2. The van der Waals surface area contributed by atoms with E-state index in [1.54, 1.807) is 6.92 Å². The van der Waals surface area contributed by atoms with Crippen LogP contribution in [-0.4, -0.2) is 4.89 Å². The van der Waals surface area contributed by atoms with Gasteiger partial charge < -0.3 is 4.89 Å². The van der Waals surface area contributed by atoms with E-state index < -0.39 is 12.2 Å². The van der Waals surface area contributed by atoms with Crippen molar-refractivity contribution in [1.82, 2.24) is 0 Å². The highest BCUT2D eigenvalue weighted by Gasteiger charge is 2.25. The van der Waals surface area contributed by atoms with Gasteiger partial charge in [0.2, 0.25) is 0 Å². The quantitative estimate of drug-likeness (QED) is 0.616. The Bertz CT molecular complexity index is 359. The molecule has 1 aromatic rings. The molecule has 0 saturated heterocycles. The maximum atomic E-state index is 11.4. The summed E-state index contributed by atoms with van der Waals surface area (Å²) in [6.45, 7) is 0.448. The second-order valence-electron chi connectivity index (χ2n) is 3.32. The predicted molar refractivity (Wildman–Crippen MR) is 63.0 cm³/mol. The lowest BCUT2D eigenvalue weighted by atomic mass is 10.0. The molecule has 0 radical (unpaired) electrons. The van der Waals surface area contributed by atoms with Crippen molar-refractivity contribution < 1.29 is 9.46 Å². The molecule has 2 unspecified atom stereocenters. The molecule has 1 rings (SSSR count). The van der Waals surface area contributed by atoms with Crippen molar-refractivity contribution in [3.63, 3.8) is 0 Å². The second kappa shape index (κ2) is 4.52. The van der Waals surface area contributed by atoms with Crippen LogP contribution >= 0.6 is 18.8 Å². The Morgan fingerprint density at radius 2 is 2.07 bits per heavy atom. The summed E-state index contributed by atoms with van der Waals surface area (Å²) >= 11 is 3.76. The molecule has 0 saturated carbocycles. The fraction of sp³-hybridized carbons (Fsp3) is 0.400. The zero-order chi connectivity index (χ0) is 10.8. The van der Waals surface area contributed by atoms with Crippen LogP contribution in [0, 0.1) is 0 Å². The minimum absolute atomic E-state index is 0.401. The normalized spacial score (nSPS) is 17.4. The summed E-state index contributed by atoms with van der Waals surface area (Å²) in [5.41, 5.74) is 1.64. The van der Waals surface area contributed by atoms with Gasteiger partial charge in [0, 0.05) is 0 Å². The molecule has 1 aromatic carbocycles. The first-order valence-electron chi connectivity index (χ1n) is 4.59. The van der Waals surface area contributed by atoms with E-state index in [9.17, 15) is 9.46 Å². The highest BCUT2D eigenvalue weighted by Crippen LogP contribution is 2.59. The van der Waals surface area contributed by atoms with E-state index in [1.807, 2.05) is 31.2 Å². The Morgan fingerprint density at radius 1 is 1.50 bits per heavy atom. The SMILES string of the molecule is CCc1ccccc1C(C)P(=O)(O)S. The van der Waals surface area contributed by atoms with Crippen LogP contribution in [0.2, 0.25) is 0 Å². The Morgan fingerprint density at radius 3 is 2.57 bits per heavy atom. The fourth-order valence-electron chi connectivity index (χ4n) is 1.44. The molecular weight excluding hydrogens is 215 g/mol. The summed E-state index contributed by atoms with van der Waals surface area (Å²) in [4.78, 5) is 9.38. The third-order valence-electron chi connectivity index (χ3n) is 2.39. The average Bonchev–Trinajstić information content (AvgIpc) is 2.15. The van der Waals surface area contributed by atoms with Crippen molar-refractivity contribution in [2.24, 2.45) is 0 Å². The molecule has 2 atom stereocenters. The summed E-state index contributed by atoms with van der Waals surface area (Å²) in [5.74, 6) is 0. The first-order valence-corrected chi connectivity index (χ1v) is 7.48. The molecule has 0 aromatic heterocycles. The summed E-state index contributed by atoms with van der Waals surface area (Å²) in [6.07, 6.45) is 0.869. The van der Waals surface area contributed by atoms with Crippen LogP contribution in [0.25, 0.3) is 0 Å². The topological polar surface area (TPSA) is 37.3 Å². The lowest BCUT2D eigenvalue weighted by molar-refractivity contribution is 0.487. The molecule has 0 bridgehead atoms. The molecule has 4 heteroatoms. The third kappa shape index (κ3) is 2.63. The molecule has 0 amide bonds. The first-order chi connectivity index (χ1) is 6.46. The lowest BCUT2D eigenvalue weighted by Gasteiger charge is -2.17. The van der Waals surface area contributed by atoms with Crippen LogP contribution in [0.15, 0.2) is 24.3 Å². The van der Waals surface area contributed by atoms with Gasteiger partial charge in [-0.25, -0.2) is 0 Å². The van der Waals surface area contributed by atoms with Crippen LogP contribution in [0.5, 0.6) is 0 Å². The van der Waals surface area contributed by atoms with Gasteiger partial charge in [-0.1, -0.05) is 43.4 Å². The summed E-state index contributed by atoms with van der Waals surface area (Å²) in [6, 6.07) is 7.70. The van der Waals surface area contributed by atoms with Crippen molar-refractivity contribution in [2.75, 3.05) is 0 Å². The molecular formula is C10H15O2PS. The number of hydrogen-bond acceptors (Lipinski definition) is 1. The predicted octanol–water partition coefficient (Wildman–Crippen LogP) is 3.43. The van der Waals surface area contributed by atoms with Gasteiger partial charge in [0.05, 0.1) is 5.66 Å². The van der Waals surface area contributed by atoms with Crippen LogP contribution < -0.4 is 0 Å². The molecule has 0 heterocycles. The van der Waals surface area contributed by atoms with Crippen molar-refractivity contribution in [3.05, 3.63) is 35.4 Å². The van der Waals surface area contributed by atoms with Crippen molar-refractivity contribution >= 4 is 18.8 Å². The number of aryl methyl sites for hydroxylation is 1. The van der Waals surface area contributed by atoms with E-state index in [0.29, 0.717) is 0 Å². The van der Waals surface area contributed by atoms with Crippen LogP contribution in [0.4, 0.5) is 0 Å². The molecule has 78 valence electrons. The summed E-state index contributed by atoms with van der Waals surface area (Å²) < 4.78 is 11.4. The second-order valence-corrected chi connectivity index (χ2v) is 6.99. The Balaban J connectivity index is 3.12. The maximum absolute atomic E-state index is 11.4. The van der Waals surface area contributed by atoms with Gasteiger partial charge in [0.1, 0.15) is 0 Å². The lowest BCUT2D eigenvalue weighted by Crippen LogP contribution is -1.97. The minimum atomic E-state index is -3.32. The Hall–Kier alpha value is -0.240. The molecule has 0 aliphatic heterocycles. The largest absolute Gasteiger partial charge is 0.337 e. The zero-order valence-corrected chi connectivity index (χ0v) is 10.1. The molecule has 0 aliphatic carbocycles. The van der Waals surface area contributed by atoms with E-state index in [0.717, 1.165) is 17.5 Å². The van der Waals surface area contributed by atoms with E-state index in [1.165, 1.54) is 0 Å². The fourth-order valence-corrected chi connectivity index (χ4v) is 2.43. The molecule has 2 nitrogen and oxygen atoms in total. The van der Waals surface area contributed by atoms with Crippen molar-refractivity contribution in [2.45, 2.75) is 25.9 Å². The number of thiol groups is 1. The summed E-state index contributed by atoms with van der Waals surface area (Å²) in [7, 11) is 0. The van der Waals surface area contributed by atoms with Gasteiger partial charge in [-0.2, -0.15) is 0 Å². The molecule has 1 N–H and O–H groups in total. The summed E-state index contributed by atoms with van der Waals surface area (Å²) in [5, 5.41) is 0. The van der Waals surface area contributed by atoms with E-state index in [4.69, 9.17) is 0 Å². The first kappa shape index (κ1) is 11.8. The van der Waals surface area contributed by atoms with Gasteiger partial charge in [-0.15, -0.1) is 0 Å². The Labute approximate surface area is 90.0 Å². The maximum Gasteiger partial charge on any atom is 0.259 e. The molecule has 0 aliphatic rings.